The number of nitrogens with zero attached hydrogens (tertiary/aromatic N) is 4. The van der Waals surface area contributed by atoms with Crippen LogP contribution in [0.1, 0.15) is 0 Å². The molecule has 0 radical (unpaired) electrons. The van der Waals surface area contributed by atoms with Crippen molar-refractivity contribution in [3.05, 3.63) is 170 Å². The molecule has 0 N–H and O–H groups in total. The third-order valence-electron chi connectivity index (χ3n) is 8.73. The quantitative estimate of drug-likeness (QED) is 0.205. The molecule has 0 spiro atoms. The zero-order valence-corrected chi connectivity index (χ0v) is 25.0. The van der Waals surface area contributed by atoms with Crippen LogP contribution in [0.3, 0.4) is 0 Å². The zero-order valence-electron chi connectivity index (χ0n) is 25.0. The molecule has 3 heterocycles. The van der Waals surface area contributed by atoms with Crippen molar-refractivity contribution in [1.82, 2.24) is 14.5 Å². The van der Waals surface area contributed by atoms with Crippen molar-refractivity contribution < 1.29 is 0 Å². The average molecular weight is 589 g/mol. The topological polar surface area (TPSA) is 34.0 Å². The molecule has 0 bridgehead atoms. The lowest BCUT2D eigenvalue weighted by Gasteiger charge is -2.26. The van der Waals surface area contributed by atoms with Gasteiger partial charge in [0, 0.05) is 38.9 Å². The molecule has 4 heteroatoms. The van der Waals surface area contributed by atoms with Crippen molar-refractivity contribution in [2.75, 3.05) is 4.90 Å². The molecule has 0 atom stereocenters. The Morgan fingerprint density at radius 1 is 0.413 bits per heavy atom. The van der Waals surface area contributed by atoms with E-state index in [2.05, 4.69) is 143 Å². The van der Waals surface area contributed by atoms with Gasteiger partial charge in [-0.3, -0.25) is 9.47 Å². The monoisotopic (exact) mass is 588 g/mol. The van der Waals surface area contributed by atoms with Crippen LogP contribution in [0.15, 0.2) is 170 Å². The molecule has 46 heavy (non-hydrogen) atoms. The van der Waals surface area contributed by atoms with E-state index in [0.717, 1.165) is 51.0 Å². The lowest BCUT2D eigenvalue weighted by molar-refractivity contribution is 1.09. The maximum atomic E-state index is 5.13. The van der Waals surface area contributed by atoms with Crippen molar-refractivity contribution in [2.45, 2.75) is 0 Å². The second-order valence-electron chi connectivity index (χ2n) is 11.5. The number of aromatic nitrogens is 3. The molecule has 1 aliphatic heterocycles. The smallest absolute Gasteiger partial charge is 0.160 e. The van der Waals surface area contributed by atoms with E-state index in [1.54, 1.807) is 0 Å². The second kappa shape index (κ2) is 10.7. The van der Waals surface area contributed by atoms with E-state index in [9.17, 15) is 0 Å². The van der Waals surface area contributed by atoms with E-state index >= 15 is 0 Å². The van der Waals surface area contributed by atoms with E-state index in [-0.39, 0.29) is 0 Å². The standard InChI is InChI=1S/C42H28N4/c1-3-14-29(15-4-1)36-28-37(30-16-5-2-6-17-30)44-42(43-36)32-19-13-20-33(26-32)45-39-24-11-8-21-34(39)35-22-9-12-25-40(35)46-38-23-10-7-18-31(38)27-41(45)46/h1-28H. The molecule has 0 fully saturated rings. The molecule has 0 unspecified atom stereocenters. The van der Waals surface area contributed by atoms with Crippen LogP contribution in [0.4, 0.5) is 17.2 Å². The van der Waals surface area contributed by atoms with Gasteiger partial charge < -0.3 is 0 Å². The third-order valence-corrected chi connectivity index (χ3v) is 8.73. The minimum Gasteiger partial charge on any atom is -0.295 e. The zero-order chi connectivity index (χ0) is 30.5. The first-order valence-corrected chi connectivity index (χ1v) is 15.5. The molecule has 0 aliphatic carbocycles. The minimum absolute atomic E-state index is 0.689. The maximum Gasteiger partial charge on any atom is 0.160 e. The normalized spacial score (nSPS) is 11.9. The molecular formula is C42H28N4. The van der Waals surface area contributed by atoms with Gasteiger partial charge in [0.25, 0.3) is 0 Å². The van der Waals surface area contributed by atoms with Crippen LogP contribution < -0.4 is 4.90 Å². The van der Waals surface area contributed by atoms with E-state index in [1.165, 1.54) is 22.0 Å². The molecule has 8 aromatic rings. The lowest BCUT2D eigenvalue weighted by atomic mass is 10.0. The van der Waals surface area contributed by atoms with Gasteiger partial charge in [0.2, 0.25) is 0 Å². The molecule has 0 amide bonds. The fourth-order valence-corrected chi connectivity index (χ4v) is 6.62. The molecule has 0 saturated heterocycles. The SMILES string of the molecule is c1ccc(-c2cc(-c3ccccc3)nc(-c3cccc(N4c5ccccc5-c5ccccc5-n5c4cc4ccccc45)c3)n2)cc1. The Kier molecular flexibility index (Phi) is 6.10. The van der Waals surface area contributed by atoms with Gasteiger partial charge in [0.15, 0.2) is 5.82 Å². The Bertz CT molecular complexity index is 2320. The van der Waals surface area contributed by atoms with Crippen molar-refractivity contribution in [1.29, 1.82) is 0 Å². The van der Waals surface area contributed by atoms with Crippen LogP contribution in [-0.4, -0.2) is 14.5 Å². The summed E-state index contributed by atoms with van der Waals surface area (Å²) in [6.45, 7) is 0. The predicted molar refractivity (Wildman–Crippen MR) is 189 cm³/mol. The number of fused-ring (bicyclic) bond motifs is 7. The van der Waals surface area contributed by atoms with E-state index in [4.69, 9.17) is 9.97 Å². The van der Waals surface area contributed by atoms with Crippen LogP contribution in [0.2, 0.25) is 0 Å². The van der Waals surface area contributed by atoms with Gasteiger partial charge in [-0.15, -0.1) is 0 Å². The first kappa shape index (κ1) is 26.2. The van der Waals surface area contributed by atoms with Crippen LogP contribution in [0.5, 0.6) is 0 Å². The molecule has 2 aromatic heterocycles. The largest absolute Gasteiger partial charge is 0.295 e. The Morgan fingerprint density at radius 3 is 1.70 bits per heavy atom. The summed E-state index contributed by atoms with van der Waals surface area (Å²) in [5.74, 6) is 1.77. The van der Waals surface area contributed by atoms with E-state index in [1.807, 2.05) is 36.4 Å². The van der Waals surface area contributed by atoms with Crippen LogP contribution in [0.25, 0.3) is 61.6 Å². The van der Waals surface area contributed by atoms with Crippen molar-refractivity contribution in [3.8, 4) is 50.7 Å². The first-order valence-electron chi connectivity index (χ1n) is 15.5. The molecule has 1 aliphatic rings. The highest BCUT2D eigenvalue weighted by atomic mass is 15.3. The summed E-state index contributed by atoms with van der Waals surface area (Å²) in [7, 11) is 0. The molecular weight excluding hydrogens is 560 g/mol. The highest BCUT2D eigenvalue weighted by molar-refractivity contribution is 5.99. The maximum absolute atomic E-state index is 5.13. The number of anilines is 3. The highest BCUT2D eigenvalue weighted by Crippen LogP contribution is 2.49. The number of benzene rings is 6. The fourth-order valence-electron chi connectivity index (χ4n) is 6.62. The van der Waals surface area contributed by atoms with Gasteiger partial charge in [-0.25, -0.2) is 9.97 Å². The summed E-state index contributed by atoms with van der Waals surface area (Å²) in [5.41, 5.74) is 11.7. The summed E-state index contributed by atoms with van der Waals surface area (Å²) < 4.78 is 2.39. The lowest BCUT2D eigenvalue weighted by Crippen LogP contribution is -2.13. The van der Waals surface area contributed by atoms with Crippen molar-refractivity contribution >= 4 is 28.1 Å². The highest BCUT2D eigenvalue weighted by Gasteiger charge is 2.27. The Labute approximate surface area is 267 Å². The van der Waals surface area contributed by atoms with E-state index < -0.39 is 0 Å². The van der Waals surface area contributed by atoms with Gasteiger partial charge >= 0.3 is 0 Å². The number of rotatable bonds is 4. The Hall–Kier alpha value is -6.26. The summed E-state index contributed by atoms with van der Waals surface area (Å²) in [6.07, 6.45) is 0. The van der Waals surface area contributed by atoms with Gasteiger partial charge in [-0.1, -0.05) is 127 Å². The summed E-state index contributed by atoms with van der Waals surface area (Å²) in [6, 6.07) is 59.6. The molecule has 216 valence electrons. The van der Waals surface area contributed by atoms with Crippen molar-refractivity contribution in [3.63, 3.8) is 0 Å². The predicted octanol–water partition coefficient (Wildman–Crippen LogP) is 10.9. The average Bonchev–Trinajstić information content (AvgIpc) is 3.46. The van der Waals surface area contributed by atoms with Crippen LogP contribution in [-0.2, 0) is 0 Å². The Balaban J connectivity index is 1.27. The minimum atomic E-state index is 0.689. The number of hydrogen-bond donors (Lipinski definition) is 0. The molecule has 6 aromatic carbocycles. The van der Waals surface area contributed by atoms with Gasteiger partial charge in [0.05, 0.1) is 28.3 Å². The van der Waals surface area contributed by atoms with Crippen LogP contribution >= 0.6 is 0 Å². The molecule has 0 saturated carbocycles. The Morgan fingerprint density at radius 2 is 0.978 bits per heavy atom. The van der Waals surface area contributed by atoms with Crippen molar-refractivity contribution in [2.24, 2.45) is 0 Å². The molecule has 9 rings (SSSR count). The van der Waals surface area contributed by atoms with Gasteiger partial charge in [-0.05, 0) is 42.5 Å². The number of para-hydroxylation sites is 3. The summed E-state index contributed by atoms with van der Waals surface area (Å²) >= 11 is 0. The first-order chi connectivity index (χ1) is 22.8. The second-order valence-corrected chi connectivity index (χ2v) is 11.5. The summed E-state index contributed by atoms with van der Waals surface area (Å²) in [4.78, 5) is 12.6. The van der Waals surface area contributed by atoms with Gasteiger partial charge in [-0.2, -0.15) is 0 Å². The number of hydrogen-bond acceptors (Lipinski definition) is 3. The fraction of sp³-hybridized carbons (Fsp3) is 0. The van der Waals surface area contributed by atoms with Gasteiger partial charge in [0.1, 0.15) is 5.82 Å². The third kappa shape index (κ3) is 4.31. The van der Waals surface area contributed by atoms with Crippen LogP contribution in [0, 0.1) is 0 Å². The van der Waals surface area contributed by atoms with E-state index in [0.29, 0.717) is 5.82 Å². The molecule has 4 nitrogen and oxygen atoms in total. The summed E-state index contributed by atoms with van der Waals surface area (Å²) in [5, 5.41) is 1.19.